The maximum absolute atomic E-state index is 13.1. The number of benzene rings is 1. The van der Waals surface area contributed by atoms with E-state index < -0.39 is 17.4 Å². The van der Waals surface area contributed by atoms with Crippen molar-refractivity contribution in [3.8, 4) is 5.75 Å². The Balaban J connectivity index is 1.65. The first kappa shape index (κ1) is 21.9. The molecular weight excluding hydrogens is 410 g/mol. The van der Waals surface area contributed by atoms with E-state index in [1.807, 2.05) is 13.0 Å². The van der Waals surface area contributed by atoms with Crippen LogP contribution in [0.25, 0.3) is 0 Å². The smallest absolute Gasteiger partial charge is 0.258 e. The van der Waals surface area contributed by atoms with Gasteiger partial charge in [0.1, 0.15) is 11.6 Å². The second-order valence-corrected chi connectivity index (χ2v) is 8.13. The molecule has 1 aromatic heterocycles. The van der Waals surface area contributed by atoms with Gasteiger partial charge in [0.25, 0.3) is 5.56 Å². The fraction of sp³-hybridized carbons (Fsp3) is 0.478. The van der Waals surface area contributed by atoms with Gasteiger partial charge in [0.2, 0.25) is 17.8 Å². The lowest BCUT2D eigenvalue weighted by Crippen LogP contribution is -2.43. The summed E-state index contributed by atoms with van der Waals surface area (Å²) in [7, 11) is 0. The first-order valence-corrected chi connectivity index (χ1v) is 11.2. The molecule has 2 atom stereocenters. The standard InChI is InChI=1S/C23H29N5O4/c1-3-14-9-7-8-12-28(14)23-26-20-19(22(31)27-23)15(13-18(29)25-20)21(30)24-16-10-5-6-11-17(16)32-4-2/h5-6,10-11,14-15H,3-4,7-9,12-13H2,1-2H3,(H,24,30)(H2,25,26,27,29,31)/t14-,15+/m0/s1. The molecule has 0 radical (unpaired) electrons. The quantitative estimate of drug-likeness (QED) is 0.637. The Labute approximate surface area is 186 Å². The number of carbonyl (C=O) groups is 2. The molecule has 4 rings (SSSR count). The number of nitrogens with one attached hydrogen (secondary N) is 3. The molecule has 0 unspecified atom stereocenters. The molecule has 1 fully saturated rings. The summed E-state index contributed by atoms with van der Waals surface area (Å²) < 4.78 is 5.56. The van der Waals surface area contributed by atoms with Gasteiger partial charge in [-0.25, -0.2) is 0 Å². The van der Waals surface area contributed by atoms with Crippen molar-refractivity contribution in [2.45, 2.75) is 57.9 Å². The van der Waals surface area contributed by atoms with Crippen molar-refractivity contribution in [3.05, 3.63) is 40.2 Å². The lowest BCUT2D eigenvalue weighted by Gasteiger charge is -2.36. The highest BCUT2D eigenvalue weighted by atomic mass is 16.5. The van der Waals surface area contributed by atoms with E-state index in [0.717, 1.165) is 32.2 Å². The first-order chi connectivity index (χ1) is 15.5. The molecule has 2 aliphatic rings. The third kappa shape index (κ3) is 4.32. The summed E-state index contributed by atoms with van der Waals surface area (Å²) in [6.07, 6.45) is 4.02. The van der Waals surface area contributed by atoms with Gasteiger partial charge in [0, 0.05) is 19.0 Å². The predicted molar refractivity (Wildman–Crippen MR) is 122 cm³/mol. The number of nitrogens with zero attached hydrogens (tertiary/aromatic N) is 2. The lowest BCUT2D eigenvalue weighted by atomic mass is 9.92. The molecule has 0 spiro atoms. The third-order valence-corrected chi connectivity index (χ3v) is 6.07. The van der Waals surface area contributed by atoms with Crippen LogP contribution in [-0.4, -0.2) is 41.0 Å². The Kier molecular flexibility index (Phi) is 6.43. The van der Waals surface area contributed by atoms with Gasteiger partial charge >= 0.3 is 0 Å². The molecule has 2 amide bonds. The van der Waals surface area contributed by atoms with Crippen LogP contribution in [0.15, 0.2) is 29.1 Å². The number of para-hydroxylation sites is 2. The number of carbonyl (C=O) groups excluding carboxylic acids is 2. The summed E-state index contributed by atoms with van der Waals surface area (Å²) in [4.78, 5) is 48.2. The van der Waals surface area contributed by atoms with Crippen LogP contribution in [0.1, 0.15) is 57.4 Å². The fourth-order valence-electron chi connectivity index (χ4n) is 4.49. The number of aromatic nitrogens is 2. The first-order valence-electron chi connectivity index (χ1n) is 11.2. The summed E-state index contributed by atoms with van der Waals surface area (Å²) in [6.45, 7) is 5.21. The SMILES string of the molecule is CCOc1ccccc1NC(=O)[C@@H]1CC(=O)Nc2nc(N3CCCC[C@@H]3CC)[nH]c(=O)c21. The summed E-state index contributed by atoms with van der Waals surface area (Å²) in [6, 6.07) is 7.36. The molecule has 1 aromatic carbocycles. The average Bonchev–Trinajstić information content (AvgIpc) is 2.79. The highest BCUT2D eigenvalue weighted by Crippen LogP contribution is 2.33. The summed E-state index contributed by atoms with van der Waals surface area (Å²) in [5.41, 5.74) is 0.278. The fourth-order valence-corrected chi connectivity index (χ4v) is 4.49. The minimum Gasteiger partial charge on any atom is -0.492 e. The zero-order valence-electron chi connectivity index (χ0n) is 18.4. The number of piperidine rings is 1. The van der Waals surface area contributed by atoms with Gasteiger partial charge in [0.15, 0.2) is 0 Å². The molecule has 9 heteroatoms. The Hall–Kier alpha value is -3.36. The zero-order chi connectivity index (χ0) is 22.7. The van der Waals surface area contributed by atoms with E-state index in [1.54, 1.807) is 18.2 Å². The highest BCUT2D eigenvalue weighted by Gasteiger charge is 2.36. The maximum atomic E-state index is 13.1. The van der Waals surface area contributed by atoms with E-state index in [9.17, 15) is 14.4 Å². The number of rotatable bonds is 6. The molecule has 170 valence electrons. The zero-order valence-corrected chi connectivity index (χ0v) is 18.4. The van der Waals surface area contributed by atoms with Crippen molar-refractivity contribution in [2.75, 3.05) is 28.7 Å². The van der Waals surface area contributed by atoms with Crippen molar-refractivity contribution in [1.29, 1.82) is 0 Å². The number of hydrogen-bond acceptors (Lipinski definition) is 6. The Bertz CT molecular complexity index is 1070. The molecule has 0 bridgehead atoms. The van der Waals surface area contributed by atoms with Crippen LogP contribution < -0.4 is 25.8 Å². The number of H-pyrrole nitrogens is 1. The molecule has 2 aromatic rings. The van der Waals surface area contributed by atoms with Crippen molar-refractivity contribution in [1.82, 2.24) is 9.97 Å². The van der Waals surface area contributed by atoms with Crippen LogP contribution >= 0.6 is 0 Å². The normalized spacial score (nSPS) is 20.3. The Morgan fingerprint density at radius 1 is 1.25 bits per heavy atom. The summed E-state index contributed by atoms with van der Waals surface area (Å²) in [5.74, 6) is -0.589. The molecule has 9 nitrogen and oxygen atoms in total. The van der Waals surface area contributed by atoms with Gasteiger partial charge in [0.05, 0.1) is 23.8 Å². The van der Waals surface area contributed by atoms with Crippen LogP contribution in [0.3, 0.4) is 0 Å². The van der Waals surface area contributed by atoms with Crippen molar-refractivity contribution in [3.63, 3.8) is 0 Å². The number of hydrogen-bond donors (Lipinski definition) is 3. The van der Waals surface area contributed by atoms with Crippen LogP contribution in [0, 0.1) is 0 Å². The van der Waals surface area contributed by atoms with Gasteiger partial charge in [-0.2, -0.15) is 4.98 Å². The molecule has 32 heavy (non-hydrogen) atoms. The monoisotopic (exact) mass is 439 g/mol. The predicted octanol–water partition coefficient (Wildman–Crippen LogP) is 3.00. The third-order valence-electron chi connectivity index (χ3n) is 6.07. The molecule has 0 aliphatic carbocycles. The van der Waals surface area contributed by atoms with Gasteiger partial charge in [-0.1, -0.05) is 19.1 Å². The van der Waals surface area contributed by atoms with Crippen molar-refractivity contribution < 1.29 is 14.3 Å². The maximum Gasteiger partial charge on any atom is 0.258 e. The molecule has 3 N–H and O–H groups in total. The van der Waals surface area contributed by atoms with E-state index in [1.165, 1.54) is 0 Å². The second-order valence-electron chi connectivity index (χ2n) is 8.13. The lowest BCUT2D eigenvalue weighted by molar-refractivity contribution is -0.123. The van der Waals surface area contributed by atoms with E-state index in [4.69, 9.17) is 4.74 Å². The van der Waals surface area contributed by atoms with Crippen molar-refractivity contribution in [2.24, 2.45) is 0 Å². The second kappa shape index (κ2) is 9.42. The number of aromatic amines is 1. The highest BCUT2D eigenvalue weighted by molar-refractivity contribution is 6.05. The van der Waals surface area contributed by atoms with Crippen LogP contribution in [-0.2, 0) is 9.59 Å². The number of anilines is 3. The molecular formula is C23H29N5O4. The van der Waals surface area contributed by atoms with Gasteiger partial charge in [-0.3, -0.25) is 19.4 Å². The van der Waals surface area contributed by atoms with E-state index >= 15 is 0 Å². The van der Waals surface area contributed by atoms with Crippen LogP contribution in [0.4, 0.5) is 17.5 Å². The van der Waals surface area contributed by atoms with Gasteiger partial charge in [-0.05, 0) is 44.7 Å². The minimum absolute atomic E-state index is 0.124. The Morgan fingerprint density at radius 3 is 2.84 bits per heavy atom. The van der Waals surface area contributed by atoms with E-state index in [2.05, 4.69) is 32.4 Å². The topological polar surface area (TPSA) is 116 Å². The number of fused-ring (bicyclic) bond motifs is 1. The summed E-state index contributed by atoms with van der Waals surface area (Å²) >= 11 is 0. The minimum atomic E-state index is -0.943. The Morgan fingerprint density at radius 2 is 2.06 bits per heavy atom. The molecule has 2 aliphatic heterocycles. The van der Waals surface area contributed by atoms with Crippen LogP contribution in [0.5, 0.6) is 5.75 Å². The van der Waals surface area contributed by atoms with Crippen molar-refractivity contribution >= 4 is 29.3 Å². The van der Waals surface area contributed by atoms with E-state index in [0.29, 0.717) is 30.0 Å². The number of amides is 2. The van der Waals surface area contributed by atoms with Crippen LogP contribution in [0.2, 0.25) is 0 Å². The molecule has 1 saturated heterocycles. The molecule has 3 heterocycles. The summed E-state index contributed by atoms with van der Waals surface area (Å²) in [5, 5.41) is 5.51. The van der Waals surface area contributed by atoms with Gasteiger partial charge in [-0.15, -0.1) is 0 Å². The molecule has 0 saturated carbocycles. The van der Waals surface area contributed by atoms with E-state index in [-0.39, 0.29) is 23.7 Å². The largest absolute Gasteiger partial charge is 0.492 e. The number of ether oxygens (including phenoxy) is 1. The average molecular weight is 440 g/mol. The van der Waals surface area contributed by atoms with Gasteiger partial charge < -0.3 is 20.3 Å².